The summed E-state index contributed by atoms with van der Waals surface area (Å²) in [7, 11) is 0. The average molecular weight is 348 g/mol. The minimum absolute atomic E-state index is 0.426. The summed E-state index contributed by atoms with van der Waals surface area (Å²) >= 11 is 1.55. The highest BCUT2D eigenvalue weighted by atomic mass is 32.1. The number of carboxylic acid groups (broad SMARTS) is 1. The molecule has 2 aromatic heterocycles. The summed E-state index contributed by atoms with van der Waals surface area (Å²) in [5, 5.41) is 20.5. The van der Waals surface area contributed by atoms with Crippen LogP contribution in [-0.2, 0) is 6.42 Å². The first kappa shape index (κ1) is 16.6. The molecule has 0 radical (unpaired) electrons. The maximum absolute atomic E-state index is 12.1. The lowest BCUT2D eigenvalue weighted by atomic mass is 10.0. The molecule has 0 aromatic carbocycles. The van der Waals surface area contributed by atoms with Crippen molar-refractivity contribution in [2.45, 2.75) is 32.6 Å². The second kappa shape index (κ2) is 6.68. The number of carbonyl (C=O) groups is 1. The number of rotatable bonds is 4. The number of anilines is 1. The Morgan fingerprint density at radius 1 is 1.29 bits per heavy atom. The number of thiophene rings is 1. The predicted molar refractivity (Wildman–Crippen MR) is 94.4 cm³/mol. The normalized spacial score (nSPS) is 14.8. The number of piperidine rings is 1. The summed E-state index contributed by atoms with van der Waals surface area (Å²) in [4.78, 5) is 29.0. The summed E-state index contributed by atoms with van der Waals surface area (Å²) in [6.45, 7) is 3.88. The molecule has 128 valence electrons. The maximum Gasteiger partial charge on any atom is 0.345 e. The van der Waals surface area contributed by atoms with E-state index in [-0.39, 0.29) is 0 Å². The van der Waals surface area contributed by atoms with Gasteiger partial charge in [-0.15, -0.1) is 11.3 Å². The second-order valence-electron chi connectivity index (χ2n) is 5.88. The molecular formula is C17H20N2O4S. The minimum Gasteiger partial charge on any atom is -0.506 e. The van der Waals surface area contributed by atoms with Gasteiger partial charge in [0, 0.05) is 18.7 Å². The standard InChI is InChI=1S/C17H20N2O4S/c1-2-10-14(18-16(21)13(15(10)20)17(22)23)11-6-7-12(24-11)19-8-4-3-5-9-19/h6-7H,2-5,8-9H2,1H3,(H,22,23)(H2,18,20,21). The van der Waals surface area contributed by atoms with Crippen molar-refractivity contribution in [1.82, 2.24) is 4.98 Å². The van der Waals surface area contributed by atoms with Crippen molar-refractivity contribution in [2.24, 2.45) is 0 Å². The molecule has 0 unspecified atom stereocenters. The Bertz CT molecular complexity index is 818. The molecule has 1 aliphatic heterocycles. The molecule has 3 heterocycles. The van der Waals surface area contributed by atoms with Crippen LogP contribution < -0.4 is 10.5 Å². The van der Waals surface area contributed by atoms with Crippen molar-refractivity contribution >= 4 is 22.3 Å². The van der Waals surface area contributed by atoms with Gasteiger partial charge < -0.3 is 20.1 Å². The van der Waals surface area contributed by atoms with E-state index in [1.807, 2.05) is 19.1 Å². The van der Waals surface area contributed by atoms with Gasteiger partial charge in [-0.2, -0.15) is 0 Å². The van der Waals surface area contributed by atoms with Crippen molar-refractivity contribution < 1.29 is 15.0 Å². The third-order valence-corrected chi connectivity index (χ3v) is 5.53. The number of nitrogens with one attached hydrogen (secondary N) is 1. The van der Waals surface area contributed by atoms with Crippen molar-refractivity contribution in [3.05, 3.63) is 33.6 Å². The molecule has 1 saturated heterocycles. The molecule has 0 aliphatic carbocycles. The lowest BCUT2D eigenvalue weighted by molar-refractivity contribution is 0.0691. The molecule has 2 aromatic rings. The van der Waals surface area contributed by atoms with Crippen LogP contribution in [0.2, 0.25) is 0 Å². The largest absolute Gasteiger partial charge is 0.506 e. The number of aromatic nitrogens is 1. The van der Waals surface area contributed by atoms with Crippen LogP contribution >= 0.6 is 11.3 Å². The first-order valence-corrected chi connectivity index (χ1v) is 8.91. The molecule has 0 atom stereocenters. The fourth-order valence-electron chi connectivity index (χ4n) is 3.13. The maximum atomic E-state index is 12.1. The Balaban J connectivity index is 2.05. The molecule has 24 heavy (non-hydrogen) atoms. The first-order chi connectivity index (χ1) is 11.5. The van der Waals surface area contributed by atoms with E-state index >= 15 is 0 Å². The van der Waals surface area contributed by atoms with Gasteiger partial charge in [-0.3, -0.25) is 4.79 Å². The van der Waals surface area contributed by atoms with Gasteiger partial charge in [-0.1, -0.05) is 6.92 Å². The van der Waals surface area contributed by atoms with Crippen LogP contribution in [0.5, 0.6) is 5.75 Å². The third-order valence-electron chi connectivity index (χ3n) is 4.36. The number of pyridine rings is 1. The first-order valence-electron chi connectivity index (χ1n) is 8.09. The number of aromatic carboxylic acids is 1. The predicted octanol–water partition coefficient (Wildman–Crippen LogP) is 3.06. The Labute approximate surface area is 143 Å². The summed E-state index contributed by atoms with van der Waals surface area (Å²) in [5.41, 5.74) is -0.402. The zero-order valence-electron chi connectivity index (χ0n) is 13.5. The van der Waals surface area contributed by atoms with E-state index in [0.717, 1.165) is 23.0 Å². The topological polar surface area (TPSA) is 93.6 Å². The molecule has 0 bridgehead atoms. The third kappa shape index (κ3) is 2.91. The zero-order chi connectivity index (χ0) is 17.3. The van der Waals surface area contributed by atoms with E-state index < -0.39 is 22.8 Å². The summed E-state index contributed by atoms with van der Waals surface area (Å²) in [6.07, 6.45) is 4.04. The van der Waals surface area contributed by atoms with Gasteiger partial charge in [-0.25, -0.2) is 4.79 Å². The van der Waals surface area contributed by atoms with E-state index in [1.54, 1.807) is 11.3 Å². The van der Waals surface area contributed by atoms with Crippen LogP contribution in [0.4, 0.5) is 5.00 Å². The van der Waals surface area contributed by atoms with Crippen LogP contribution in [-0.4, -0.2) is 34.3 Å². The molecule has 7 heteroatoms. The highest BCUT2D eigenvalue weighted by molar-refractivity contribution is 7.19. The lowest BCUT2D eigenvalue weighted by Crippen LogP contribution is -2.28. The Morgan fingerprint density at radius 2 is 2.00 bits per heavy atom. The summed E-state index contributed by atoms with van der Waals surface area (Å²) in [5.74, 6) is -1.85. The Hall–Kier alpha value is -2.28. The molecule has 1 aliphatic rings. The molecule has 6 nitrogen and oxygen atoms in total. The van der Waals surface area contributed by atoms with Crippen molar-refractivity contribution in [2.75, 3.05) is 18.0 Å². The fourth-order valence-corrected chi connectivity index (χ4v) is 4.21. The number of carboxylic acids is 1. The van der Waals surface area contributed by atoms with Gasteiger partial charge in [0.2, 0.25) is 0 Å². The van der Waals surface area contributed by atoms with Crippen LogP contribution in [0.1, 0.15) is 42.1 Å². The molecule has 0 amide bonds. The SMILES string of the molecule is CCc1c(-c2ccc(N3CCCCC3)s2)[nH]c(=O)c(C(=O)O)c1O. The van der Waals surface area contributed by atoms with Gasteiger partial charge in [0.1, 0.15) is 5.75 Å². The highest BCUT2D eigenvalue weighted by Crippen LogP contribution is 2.37. The van der Waals surface area contributed by atoms with Crippen LogP contribution in [0.3, 0.4) is 0 Å². The number of aromatic hydroxyl groups is 1. The van der Waals surface area contributed by atoms with Crippen LogP contribution in [0, 0.1) is 0 Å². The molecule has 3 N–H and O–H groups in total. The number of aromatic amines is 1. The van der Waals surface area contributed by atoms with Crippen molar-refractivity contribution in [1.29, 1.82) is 0 Å². The van der Waals surface area contributed by atoms with E-state index in [2.05, 4.69) is 9.88 Å². The van der Waals surface area contributed by atoms with Crippen LogP contribution in [0.25, 0.3) is 10.6 Å². The molecule has 0 spiro atoms. The highest BCUT2D eigenvalue weighted by Gasteiger charge is 2.23. The Kier molecular flexibility index (Phi) is 4.62. The van der Waals surface area contributed by atoms with Crippen LogP contribution in [0.15, 0.2) is 16.9 Å². The quantitative estimate of drug-likeness (QED) is 0.789. The number of nitrogens with zero attached hydrogens (tertiary/aromatic N) is 1. The molecular weight excluding hydrogens is 328 g/mol. The average Bonchev–Trinajstić information content (AvgIpc) is 3.04. The van der Waals surface area contributed by atoms with E-state index in [9.17, 15) is 14.7 Å². The zero-order valence-corrected chi connectivity index (χ0v) is 14.3. The molecule has 0 saturated carbocycles. The molecule has 3 rings (SSSR count). The van der Waals surface area contributed by atoms with E-state index in [0.29, 0.717) is 17.7 Å². The lowest BCUT2D eigenvalue weighted by Gasteiger charge is -2.27. The Morgan fingerprint density at radius 3 is 2.62 bits per heavy atom. The summed E-state index contributed by atoms with van der Waals surface area (Å²) < 4.78 is 0. The summed E-state index contributed by atoms with van der Waals surface area (Å²) in [6, 6.07) is 3.93. The second-order valence-corrected chi connectivity index (χ2v) is 6.94. The van der Waals surface area contributed by atoms with Gasteiger partial charge >= 0.3 is 5.97 Å². The smallest absolute Gasteiger partial charge is 0.345 e. The van der Waals surface area contributed by atoms with Gasteiger partial charge in [0.25, 0.3) is 5.56 Å². The van der Waals surface area contributed by atoms with Crippen molar-refractivity contribution in [3.8, 4) is 16.3 Å². The van der Waals surface area contributed by atoms with E-state index in [1.165, 1.54) is 19.3 Å². The van der Waals surface area contributed by atoms with Gasteiger partial charge in [0.15, 0.2) is 5.56 Å². The fraction of sp³-hybridized carbons (Fsp3) is 0.412. The number of hydrogen-bond donors (Lipinski definition) is 3. The monoisotopic (exact) mass is 348 g/mol. The minimum atomic E-state index is -1.42. The number of hydrogen-bond acceptors (Lipinski definition) is 5. The number of H-pyrrole nitrogens is 1. The van der Waals surface area contributed by atoms with E-state index in [4.69, 9.17) is 5.11 Å². The van der Waals surface area contributed by atoms with Gasteiger partial charge in [-0.05, 0) is 37.8 Å². The van der Waals surface area contributed by atoms with Gasteiger partial charge in [0.05, 0.1) is 15.6 Å². The molecule has 1 fully saturated rings. The van der Waals surface area contributed by atoms with Crippen molar-refractivity contribution in [3.63, 3.8) is 0 Å².